The van der Waals surface area contributed by atoms with E-state index in [1.54, 1.807) is 30.5 Å². The Morgan fingerprint density at radius 3 is 2.79 bits per heavy atom. The van der Waals surface area contributed by atoms with E-state index in [1.807, 2.05) is 18.2 Å². The second kappa shape index (κ2) is 4.68. The molecule has 2 aromatic carbocycles. The standard InChI is InChI=1S/C15H8ClN3/c16-12-4-5-13-14(7-12)18-9-15(19-13)11-3-1-2-10(6-11)8-17/h1-7,9H. The predicted octanol–water partition coefficient (Wildman–Crippen LogP) is 3.82. The Labute approximate surface area is 115 Å². The lowest BCUT2D eigenvalue weighted by Gasteiger charge is -2.03. The van der Waals surface area contributed by atoms with Crippen LogP contribution in [0.25, 0.3) is 22.3 Å². The van der Waals surface area contributed by atoms with Gasteiger partial charge in [-0.2, -0.15) is 5.26 Å². The lowest BCUT2D eigenvalue weighted by atomic mass is 10.1. The van der Waals surface area contributed by atoms with Crippen LogP contribution < -0.4 is 0 Å². The van der Waals surface area contributed by atoms with Crippen molar-refractivity contribution in [1.82, 2.24) is 9.97 Å². The second-order valence-corrected chi connectivity index (χ2v) is 4.52. The Balaban J connectivity index is 2.15. The first-order valence-corrected chi connectivity index (χ1v) is 6.07. The van der Waals surface area contributed by atoms with Gasteiger partial charge in [-0.15, -0.1) is 0 Å². The molecule has 0 unspecified atom stereocenters. The van der Waals surface area contributed by atoms with Gasteiger partial charge in [0.1, 0.15) is 0 Å². The summed E-state index contributed by atoms with van der Waals surface area (Å²) in [7, 11) is 0. The van der Waals surface area contributed by atoms with E-state index in [0.29, 0.717) is 10.6 Å². The van der Waals surface area contributed by atoms with Crippen LogP contribution in [0.4, 0.5) is 0 Å². The molecule has 0 fully saturated rings. The maximum absolute atomic E-state index is 8.91. The molecule has 1 heterocycles. The molecule has 1 aromatic heterocycles. The summed E-state index contributed by atoms with van der Waals surface area (Å²) in [5.41, 5.74) is 3.77. The number of rotatable bonds is 1. The van der Waals surface area contributed by atoms with Crippen LogP contribution in [-0.2, 0) is 0 Å². The molecule has 0 aliphatic rings. The molecule has 4 heteroatoms. The highest BCUT2D eigenvalue weighted by Crippen LogP contribution is 2.21. The van der Waals surface area contributed by atoms with Crippen molar-refractivity contribution in [1.29, 1.82) is 5.26 Å². The van der Waals surface area contributed by atoms with Gasteiger partial charge >= 0.3 is 0 Å². The fraction of sp³-hybridized carbons (Fsp3) is 0. The summed E-state index contributed by atoms with van der Waals surface area (Å²) >= 11 is 5.91. The van der Waals surface area contributed by atoms with Crippen LogP contribution in [0.1, 0.15) is 5.56 Å². The first-order chi connectivity index (χ1) is 9.26. The van der Waals surface area contributed by atoms with Crippen molar-refractivity contribution in [2.24, 2.45) is 0 Å². The zero-order valence-electron chi connectivity index (χ0n) is 9.84. The monoisotopic (exact) mass is 265 g/mol. The summed E-state index contributed by atoms with van der Waals surface area (Å²) in [6.45, 7) is 0. The van der Waals surface area contributed by atoms with E-state index in [-0.39, 0.29) is 0 Å². The average Bonchev–Trinajstić information content (AvgIpc) is 2.46. The summed E-state index contributed by atoms with van der Waals surface area (Å²) in [6, 6.07) is 14.8. The highest BCUT2D eigenvalue weighted by atomic mass is 35.5. The first kappa shape index (κ1) is 11.6. The molecule has 0 amide bonds. The molecule has 90 valence electrons. The number of nitriles is 1. The molecule has 3 rings (SSSR count). The number of benzene rings is 2. The number of fused-ring (bicyclic) bond motifs is 1. The maximum atomic E-state index is 8.91. The first-order valence-electron chi connectivity index (χ1n) is 5.69. The number of halogens is 1. The van der Waals surface area contributed by atoms with Gasteiger partial charge in [-0.25, -0.2) is 4.98 Å². The van der Waals surface area contributed by atoms with E-state index >= 15 is 0 Å². The third kappa shape index (κ3) is 2.26. The Hall–Kier alpha value is -2.44. The molecule has 0 atom stereocenters. The largest absolute Gasteiger partial charge is 0.252 e. The summed E-state index contributed by atoms with van der Waals surface area (Å²) < 4.78 is 0. The van der Waals surface area contributed by atoms with E-state index < -0.39 is 0 Å². The predicted molar refractivity (Wildman–Crippen MR) is 74.7 cm³/mol. The molecular weight excluding hydrogens is 258 g/mol. The van der Waals surface area contributed by atoms with Crippen molar-refractivity contribution in [3.05, 3.63) is 59.2 Å². The topological polar surface area (TPSA) is 49.6 Å². The van der Waals surface area contributed by atoms with Gasteiger partial charge in [-0.1, -0.05) is 23.7 Å². The highest BCUT2D eigenvalue weighted by Gasteiger charge is 2.04. The van der Waals surface area contributed by atoms with Crippen molar-refractivity contribution in [2.75, 3.05) is 0 Å². The van der Waals surface area contributed by atoms with Crippen LogP contribution in [0.15, 0.2) is 48.7 Å². The molecular formula is C15H8ClN3. The SMILES string of the molecule is N#Cc1cccc(-c2cnc3cc(Cl)ccc3n2)c1. The third-order valence-corrected chi connectivity index (χ3v) is 3.03. The molecule has 0 saturated heterocycles. The van der Waals surface area contributed by atoms with Gasteiger partial charge < -0.3 is 0 Å². The van der Waals surface area contributed by atoms with Gasteiger partial charge in [0, 0.05) is 10.6 Å². The molecule has 0 saturated carbocycles. The molecule has 19 heavy (non-hydrogen) atoms. The van der Waals surface area contributed by atoms with Gasteiger partial charge in [0.15, 0.2) is 0 Å². The summed E-state index contributed by atoms with van der Waals surface area (Å²) in [6.07, 6.45) is 1.69. The number of hydrogen-bond donors (Lipinski definition) is 0. The molecule has 0 N–H and O–H groups in total. The normalized spacial score (nSPS) is 10.3. The van der Waals surface area contributed by atoms with Gasteiger partial charge in [0.2, 0.25) is 0 Å². The molecule has 0 aliphatic heterocycles. The molecule has 0 aliphatic carbocycles. The zero-order chi connectivity index (χ0) is 13.2. The summed E-state index contributed by atoms with van der Waals surface area (Å²) in [5.74, 6) is 0. The van der Waals surface area contributed by atoms with E-state index in [1.165, 1.54) is 0 Å². The van der Waals surface area contributed by atoms with Gasteiger partial charge in [-0.3, -0.25) is 4.98 Å². The molecule has 0 radical (unpaired) electrons. The summed E-state index contributed by atoms with van der Waals surface area (Å²) in [5, 5.41) is 9.55. The molecule has 3 nitrogen and oxygen atoms in total. The van der Waals surface area contributed by atoms with Crippen LogP contribution in [0.5, 0.6) is 0 Å². The fourth-order valence-corrected chi connectivity index (χ4v) is 2.04. The second-order valence-electron chi connectivity index (χ2n) is 4.08. The van der Waals surface area contributed by atoms with E-state index in [2.05, 4.69) is 16.0 Å². The highest BCUT2D eigenvalue weighted by molar-refractivity contribution is 6.31. The summed E-state index contributed by atoms with van der Waals surface area (Å²) in [4.78, 5) is 8.88. The number of hydrogen-bond acceptors (Lipinski definition) is 3. The van der Waals surface area contributed by atoms with Crippen molar-refractivity contribution in [3.8, 4) is 17.3 Å². The minimum atomic E-state index is 0.607. The number of aromatic nitrogens is 2. The van der Waals surface area contributed by atoms with Crippen molar-refractivity contribution in [2.45, 2.75) is 0 Å². The van der Waals surface area contributed by atoms with Gasteiger partial charge in [0.25, 0.3) is 0 Å². The van der Waals surface area contributed by atoms with Crippen LogP contribution in [0, 0.1) is 11.3 Å². The van der Waals surface area contributed by atoms with E-state index in [4.69, 9.17) is 16.9 Å². The van der Waals surface area contributed by atoms with Crippen molar-refractivity contribution in [3.63, 3.8) is 0 Å². The number of nitrogens with zero attached hydrogens (tertiary/aromatic N) is 3. The van der Waals surface area contributed by atoms with Gasteiger partial charge in [-0.05, 0) is 30.3 Å². The van der Waals surface area contributed by atoms with Crippen LogP contribution in [-0.4, -0.2) is 9.97 Å². The van der Waals surface area contributed by atoms with Crippen LogP contribution >= 0.6 is 11.6 Å². The van der Waals surface area contributed by atoms with E-state index in [9.17, 15) is 0 Å². The lowest BCUT2D eigenvalue weighted by Crippen LogP contribution is -1.89. The molecule has 0 bridgehead atoms. The van der Waals surface area contributed by atoms with Crippen LogP contribution in [0.3, 0.4) is 0 Å². The zero-order valence-corrected chi connectivity index (χ0v) is 10.6. The lowest BCUT2D eigenvalue weighted by molar-refractivity contribution is 1.29. The fourth-order valence-electron chi connectivity index (χ4n) is 1.87. The quantitative estimate of drug-likeness (QED) is 0.672. The molecule has 3 aromatic rings. The van der Waals surface area contributed by atoms with Crippen molar-refractivity contribution < 1.29 is 0 Å². The Kier molecular flexibility index (Phi) is 2.86. The van der Waals surface area contributed by atoms with Crippen molar-refractivity contribution >= 4 is 22.6 Å². The Morgan fingerprint density at radius 1 is 1.05 bits per heavy atom. The van der Waals surface area contributed by atoms with E-state index in [0.717, 1.165) is 22.3 Å². The maximum Gasteiger partial charge on any atom is 0.0991 e. The Bertz CT molecular complexity index is 806. The third-order valence-electron chi connectivity index (χ3n) is 2.79. The smallest absolute Gasteiger partial charge is 0.0991 e. The molecule has 0 spiro atoms. The van der Waals surface area contributed by atoms with Crippen LogP contribution in [0.2, 0.25) is 5.02 Å². The average molecular weight is 266 g/mol. The van der Waals surface area contributed by atoms with Gasteiger partial charge in [0.05, 0.1) is 34.6 Å². The minimum absolute atomic E-state index is 0.607. The Morgan fingerprint density at radius 2 is 1.95 bits per heavy atom. The minimum Gasteiger partial charge on any atom is -0.252 e.